The van der Waals surface area contributed by atoms with Gasteiger partial charge in [-0.1, -0.05) is 13.8 Å². The summed E-state index contributed by atoms with van der Waals surface area (Å²) in [6.45, 7) is 5.47. The predicted molar refractivity (Wildman–Crippen MR) is 170 cm³/mol. The summed E-state index contributed by atoms with van der Waals surface area (Å²) < 4.78 is 63.4. The number of sulfonamides is 1. The third-order valence-corrected chi connectivity index (χ3v) is 8.58. The first-order valence-electron chi connectivity index (χ1n) is 15.4. The van der Waals surface area contributed by atoms with Gasteiger partial charge in [0, 0.05) is 37.3 Å². The number of carbonyl (C=O) groups excluding carboxylic acids is 2. The van der Waals surface area contributed by atoms with E-state index in [1.54, 1.807) is 18.2 Å². The van der Waals surface area contributed by atoms with Crippen molar-refractivity contribution in [1.29, 1.82) is 0 Å². The van der Waals surface area contributed by atoms with E-state index in [0.29, 0.717) is 47.6 Å². The number of fused-ring (bicyclic) bond motifs is 1. The van der Waals surface area contributed by atoms with Gasteiger partial charge in [0.1, 0.15) is 23.8 Å². The van der Waals surface area contributed by atoms with Crippen LogP contribution in [0.2, 0.25) is 0 Å². The van der Waals surface area contributed by atoms with Crippen molar-refractivity contribution in [1.82, 2.24) is 5.32 Å². The highest BCUT2D eigenvalue weighted by Gasteiger charge is 2.33. The number of halogens is 1. The van der Waals surface area contributed by atoms with Crippen LogP contribution in [0.25, 0.3) is 22.3 Å². The van der Waals surface area contributed by atoms with Gasteiger partial charge in [0.25, 0.3) is 5.91 Å². The lowest BCUT2D eigenvalue weighted by Crippen LogP contribution is -2.34. The lowest BCUT2D eigenvalue weighted by molar-refractivity contribution is -0.150. The van der Waals surface area contributed by atoms with Crippen molar-refractivity contribution in [3.63, 3.8) is 0 Å². The summed E-state index contributed by atoms with van der Waals surface area (Å²) in [5, 5.41) is 3.23. The van der Waals surface area contributed by atoms with E-state index in [-0.39, 0.29) is 49.2 Å². The molecule has 10 nitrogen and oxygen atoms in total. The largest absolute Gasteiger partial charge is 0.464 e. The second kappa shape index (κ2) is 15.7. The zero-order valence-corrected chi connectivity index (χ0v) is 27.2. The van der Waals surface area contributed by atoms with Crippen LogP contribution in [0.1, 0.15) is 67.8 Å². The molecule has 1 fully saturated rings. The van der Waals surface area contributed by atoms with Gasteiger partial charge in [-0.05, 0) is 79.8 Å². The Morgan fingerprint density at radius 3 is 2.36 bits per heavy atom. The van der Waals surface area contributed by atoms with E-state index >= 15 is 0 Å². The molecule has 12 heteroatoms. The van der Waals surface area contributed by atoms with Gasteiger partial charge in [-0.15, -0.1) is 0 Å². The number of ether oxygens (including phenoxy) is 3. The predicted octanol–water partition coefficient (Wildman–Crippen LogP) is 5.64. The number of amides is 1. The van der Waals surface area contributed by atoms with Crippen LogP contribution in [-0.4, -0.2) is 73.2 Å². The number of esters is 1. The first kappa shape index (κ1) is 34.4. The van der Waals surface area contributed by atoms with Gasteiger partial charge in [0.15, 0.2) is 0 Å². The molecule has 0 radical (unpaired) electrons. The molecule has 0 saturated heterocycles. The van der Waals surface area contributed by atoms with Gasteiger partial charge in [-0.25, -0.2) is 17.6 Å². The number of anilines is 1. The molecule has 246 valence electrons. The normalized spacial score (nSPS) is 13.4. The van der Waals surface area contributed by atoms with E-state index in [2.05, 4.69) is 5.32 Å². The van der Waals surface area contributed by atoms with E-state index in [0.717, 1.165) is 43.9 Å². The summed E-state index contributed by atoms with van der Waals surface area (Å²) in [5.74, 6) is -0.398. The molecule has 2 aromatic carbocycles. The van der Waals surface area contributed by atoms with Crippen molar-refractivity contribution in [3.8, 4) is 11.3 Å². The SMILES string of the molecule is CNC(=O)c1c(-c2ccc(F)cc2)oc2cc(N(CCOCCCCCOCC(=O)OCC(C)C)S(C)(=O)=O)c(C3CC3)cc12. The highest BCUT2D eigenvalue weighted by atomic mass is 32.2. The van der Waals surface area contributed by atoms with Gasteiger partial charge in [-0.2, -0.15) is 0 Å². The highest BCUT2D eigenvalue weighted by molar-refractivity contribution is 7.92. The van der Waals surface area contributed by atoms with Crippen molar-refractivity contribution in [2.75, 3.05) is 57.2 Å². The summed E-state index contributed by atoms with van der Waals surface area (Å²) in [6.07, 6.45) is 5.35. The Kier molecular flexibility index (Phi) is 12.0. The second-order valence-electron chi connectivity index (χ2n) is 11.7. The number of carbonyl (C=O) groups is 2. The third-order valence-electron chi connectivity index (χ3n) is 7.40. The van der Waals surface area contributed by atoms with Crippen molar-refractivity contribution in [3.05, 3.63) is 53.3 Å². The molecule has 45 heavy (non-hydrogen) atoms. The Morgan fingerprint density at radius 1 is 1.04 bits per heavy atom. The summed E-state index contributed by atoms with van der Waals surface area (Å²) in [4.78, 5) is 24.6. The maximum absolute atomic E-state index is 13.6. The van der Waals surface area contributed by atoms with Crippen molar-refractivity contribution in [2.45, 2.75) is 51.9 Å². The topological polar surface area (TPSA) is 124 Å². The second-order valence-corrected chi connectivity index (χ2v) is 13.6. The van der Waals surface area contributed by atoms with Crippen LogP contribution in [0.15, 0.2) is 40.8 Å². The van der Waals surface area contributed by atoms with E-state index in [1.807, 2.05) is 19.9 Å². The van der Waals surface area contributed by atoms with Crippen molar-refractivity contribution in [2.24, 2.45) is 5.92 Å². The van der Waals surface area contributed by atoms with Gasteiger partial charge in [0.05, 0.1) is 37.3 Å². The standard InChI is InChI=1S/C33H43FN2O8S/c1-22(2)20-43-30(37)21-42-16-7-5-6-15-41-17-14-36(45(4,39)40)28-19-29-27(18-26(28)23-8-9-23)31(33(38)35-3)32(44-29)24-10-12-25(34)13-11-24/h10-13,18-19,22-23H,5-9,14-17,20-21H2,1-4H3,(H,35,38). The Labute approximate surface area is 264 Å². The number of rotatable bonds is 18. The number of furan rings is 1. The molecule has 4 rings (SSSR count). The lowest BCUT2D eigenvalue weighted by atomic mass is 10.0. The molecule has 3 aromatic rings. The fourth-order valence-corrected chi connectivity index (χ4v) is 5.92. The molecule has 1 heterocycles. The molecule has 0 spiro atoms. The molecular formula is C33H43FN2O8S. The highest BCUT2D eigenvalue weighted by Crippen LogP contribution is 2.48. The van der Waals surface area contributed by atoms with Crippen LogP contribution in [0, 0.1) is 11.7 Å². The van der Waals surface area contributed by atoms with Crippen LogP contribution in [0.3, 0.4) is 0 Å². The monoisotopic (exact) mass is 646 g/mol. The van der Waals surface area contributed by atoms with Crippen molar-refractivity contribution < 1.29 is 41.0 Å². The van der Waals surface area contributed by atoms with E-state index in [9.17, 15) is 22.4 Å². The quantitative estimate of drug-likeness (QED) is 0.139. The van der Waals surface area contributed by atoms with E-state index in [1.165, 1.54) is 23.5 Å². The van der Waals surface area contributed by atoms with Crippen LogP contribution < -0.4 is 9.62 Å². The Hall–Kier alpha value is -3.48. The minimum atomic E-state index is -3.68. The number of nitrogens with zero attached hydrogens (tertiary/aromatic N) is 1. The summed E-state index contributed by atoms with van der Waals surface area (Å²) in [7, 11) is -2.16. The van der Waals surface area contributed by atoms with Gasteiger partial charge < -0.3 is 23.9 Å². The summed E-state index contributed by atoms with van der Waals surface area (Å²) >= 11 is 0. The molecule has 0 aliphatic heterocycles. The fraction of sp³-hybridized carbons (Fsp3) is 0.515. The Balaban J connectivity index is 1.41. The smallest absolute Gasteiger partial charge is 0.332 e. The molecule has 1 saturated carbocycles. The van der Waals surface area contributed by atoms with Crippen molar-refractivity contribution >= 4 is 38.6 Å². The van der Waals surface area contributed by atoms with Gasteiger partial charge in [-0.3, -0.25) is 9.10 Å². The summed E-state index contributed by atoms with van der Waals surface area (Å²) in [6, 6.07) is 9.21. The molecule has 1 aliphatic carbocycles. The third kappa shape index (κ3) is 9.51. The molecular weight excluding hydrogens is 603 g/mol. The van der Waals surface area contributed by atoms with E-state index in [4.69, 9.17) is 18.6 Å². The average Bonchev–Trinajstić information content (AvgIpc) is 3.78. The maximum Gasteiger partial charge on any atom is 0.332 e. The summed E-state index contributed by atoms with van der Waals surface area (Å²) in [5.41, 5.74) is 2.54. The Morgan fingerprint density at radius 2 is 1.73 bits per heavy atom. The number of hydrogen-bond acceptors (Lipinski definition) is 8. The van der Waals surface area contributed by atoms with E-state index < -0.39 is 15.8 Å². The lowest BCUT2D eigenvalue weighted by Gasteiger charge is -2.25. The zero-order chi connectivity index (χ0) is 32.6. The molecule has 1 aliphatic rings. The number of nitrogens with one attached hydrogen (secondary N) is 1. The van der Waals surface area contributed by atoms with Crippen LogP contribution in [0.4, 0.5) is 10.1 Å². The van der Waals surface area contributed by atoms with Crippen LogP contribution in [0.5, 0.6) is 0 Å². The van der Waals surface area contributed by atoms with Gasteiger partial charge in [0.2, 0.25) is 10.0 Å². The first-order chi connectivity index (χ1) is 21.5. The first-order valence-corrected chi connectivity index (χ1v) is 17.2. The maximum atomic E-state index is 13.6. The number of unbranched alkanes of at least 4 members (excludes halogenated alkanes) is 2. The molecule has 0 atom stereocenters. The van der Waals surface area contributed by atoms with Crippen LogP contribution in [-0.2, 0) is 29.0 Å². The fourth-order valence-electron chi connectivity index (χ4n) is 5.00. The van der Waals surface area contributed by atoms with Crippen LogP contribution >= 0.6 is 0 Å². The Bertz CT molecular complexity index is 1570. The molecule has 1 N–H and O–H groups in total. The minimum absolute atomic E-state index is 0.0577. The average molecular weight is 647 g/mol. The number of hydrogen-bond donors (Lipinski definition) is 1. The van der Waals surface area contributed by atoms with Gasteiger partial charge >= 0.3 is 5.97 Å². The molecule has 0 bridgehead atoms. The number of benzene rings is 2. The minimum Gasteiger partial charge on any atom is -0.464 e. The molecule has 0 unspecified atom stereocenters. The molecule has 1 amide bonds. The zero-order valence-electron chi connectivity index (χ0n) is 26.4. The molecule has 1 aromatic heterocycles.